The third-order valence-electron chi connectivity index (χ3n) is 3.66. The molecule has 2 rings (SSSR count). The summed E-state index contributed by atoms with van der Waals surface area (Å²) < 4.78 is 27.3. The first kappa shape index (κ1) is 18.0. The molecule has 0 fully saturated rings. The van der Waals surface area contributed by atoms with Gasteiger partial charge in [-0.05, 0) is 36.8 Å². The van der Waals surface area contributed by atoms with E-state index in [2.05, 4.69) is 10.6 Å². The predicted molar refractivity (Wildman–Crippen MR) is 88.5 cm³/mol. The number of halogens is 2. The van der Waals surface area contributed by atoms with Crippen LogP contribution in [0.15, 0.2) is 42.5 Å². The fourth-order valence-electron chi connectivity index (χ4n) is 2.43. The Morgan fingerprint density at radius 2 is 1.79 bits per heavy atom. The van der Waals surface area contributed by atoms with Crippen molar-refractivity contribution in [3.63, 3.8) is 0 Å². The molecule has 0 heterocycles. The Labute approximate surface area is 139 Å². The molecule has 0 spiro atoms. The summed E-state index contributed by atoms with van der Waals surface area (Å²) in [5, 5.41) is 15.8. The summed E-state index contributed by atoms with van der Waals surface area (Å²) in [5.41, 5.74) is 1.20. The van der Waals surface area contributed by atoms with Crippen molar-refractivity contribution in [2.24, 2.45) is 0 Å². The number of benzene rings is 2. The summed E-state index contributed by atoms with van der Waals surface area (Å²) >= 11 is 0. The van der Waals surface area contributed by atoms with E-state index in [0.29, 0.717) is 5.69 Å². The number of carbonyl (C=O) groups excluding carboxylic acids is 1. The number of aliphatic hydroxyl groups excluding tert-OH is 1. The molecule has 0 saturated carbocycles. The van der Waals surface area contributed by atoms with Crippen molar-refractivity contribution in [1.29, 1.82) is 0 Å². The van der Waals surface area contributed by atoms with E-state index in [1.165, 1.54) is 13.0 Å². The first-order chi connectivity index (χ1) is 11.4. The Morgan fingerprint density at radius 1 is 1.17 bits per heavy atom. The van der Waals surface area contributed by atoms with Crippen LogP contribution in [0.4, 0.5) is 14.5 Å². The lowest BCUT2D eigenvalue weighted by Crippen LogP contribution is -2.25. The lowest BCUT2D eigenvalue weighted by molar-refractivity contribution is -0.114. The molecule has 2 aromatic rings. The third kappa shape index (κ3) is 4.59. The molecule has 0 aromatic heterocycles. The fourth-order valence-corrected chi connectivity index (χ4v) is 2.43. The molecule has 128 valence electrons. The predicted octanol–water partition coefficient (Wildman–Crippen LogP) is 3.31. The van der Waals surface area contributed by atoms with Crippen LogP contribution in [0.25, 0.3) is 0 Å². The van der Waals surface area contributed by atoms with Gasteiger partial charge in [0.25, 0.3) is 0 Å². The zero-order valence-corrected chi connectivity index (χ0v) is 13.5. The molecule has 0 aliphatic heterocycles. The molecule has 0 radical (unpaired) electrons. The highest BCUT2D eigenvalue weighted by Gasteiger charge is 2.18. The van der Waals surface area contributed by atoms with Gasteiger partial charge in [0, 0.05) is 25.2 Å². The van der Waals surface area contributed by atoms with Crippen molar-refractivity contribution in [3.05, 3.63) is 65.2 Å². The zero-order chi connectivity index (χ0) is 17.7. The molecule has 2 atom stereocenters. The smallest absolute Gasteiger partial charge is 0.221 e. The lowest BCUT2D eigenvalue weighted by Gasteiger charge is -2.19. The van der Waals surface area contributed by atoms with Crippen molar-refractivity contribution in [1.82, 2.24) is 5.32 Å². The molecule has 1 amide bonds. The van der Waals surface area contributed by atoms with Gasteiger partial charge in [0.1, 0.15) is 11.6 Å². The van der Waals surface area contributed by atoms with Gasteiger partial charge in [0.05, 0.1) is 11.7 Å². The molecule has 0 bridgehead atoms. The molecule has 3 N–H and O–H groups in total. The summed E-state index contributed by atoms with van der Waals surface area (Å²) in [6, 6.07) is 10.5. The minimum absolute atomic E-state index is 0.0105. The topological polar surface area (TPSA) is 61.4 Å². The van der Waals surface area contributed by atoms with Crippen LogP contribution in [-0.2, 0) is 4.79 Å². The second-order valence-corrected chi connectivity index (χ2v) is 5.59. The Balaban J connectivity index is 2.02. The highest BCUT2D eigenvalue weighted by Crippen LogP contribution is 2.22. The molecule has 2 unspecified atom stereocenters. The van der Waals surface area contributed by atoms with Crippen LogP contribution < -0.4 is 10.6 Å². The van der Waals surface area contributed by atoms with Crippen molar-refractivity contribution in [2.75, 3.05) is 11.9 Å². The molecular formula is C18H20F2N2O2. The highest BCUT2D eigenvalue weighted by molar-refractivity contribution is 5.88. The van der Waals surface area contributed by atoms with E-state index < -0.39 is 17.7 Å². The number of aliphatic hydroxyl groups is 1. The van der Waals surface area contributed by atoms with E-state index in [0.717, 1.165) is 17.7 Å². The average molecular weight is 334 g/mol. The summed E-state index contributed by atoms with van der Waals surface area (Å²) in [6.07, 6.45) is -1.30. The van der Waals surface area contributed by atoms with Gasteiger partial charge in [-0.3, -0.25) is 4.79 Å². The fraction of sp³-hybridized carbons (Fsp3) is 0.278. The number of nitrogens with one attached hydrogen (secondary N) is 2. The zero-order valence-electron chi connectivity index (χ0n) is 13.5. The van der Waals surface area contributed by atoms with Crippen molar-refractivity contribution in [2.45, 2.75) is 26.0 Å². The standard InChI is InChI=1S/C18H20F2N2O2/c1-11(13-5-3-6-14(9-13)22-12(2)23)21-10-17(24)18-15(19)7-4-8-16(18)20/h3-9,11,17,21,24H,10H2,1-2H3,(H,22,23). The van der Waals surface area contributed by atoms with Crippen LogP contribution in [0, 0.1) is 11.6 Å². The second kappa shape index (κ2) is 7.99. The number of anilines is 1. The summed E-state index contributed by atoms with van der Waals surface area (Å²) in [6.45, 7) is 3.27. The average Bonchev–Trinajstić information content (AvgIpc) is 2.52. The minimum atomic E-state index is -1.30. The van der Waals surface area contributed by atoms with Gasteiger partial charge in [0.2, 0.25) is 5.91 Å². The molecule has 2 aromatic carbocycles. The van der Waals surface area contributed by atoms with Crippen LogP contribution in [-0.4, -0.2) is 17.6 Å². The molecular weight excluding hydrogens is 314 g/mol. The number of hydrogen-bond donors (Lipinski definition) is 3. The van der Waals surface area contributed by atoms with Crippen molar-refractivity contribution < 1.29 is 18.7 Å². The van der Waals surface area contributed by atoms with E-state index in [9.17, 15) is 18.7 Å². The normalized spacial score (nSPS) is 13.4. The molecule has 0 saturated heterocycles. The van der Waals surface area contributed by atoms with Crippen LogP contribution >= 0.6 is 0 Å². The van der Waals surface area contributed by atoms with Crippen LogP contribution in [0.1, 0.15) is 37.1 Å². The van der Waals surface area contributed by atoms with Gasteiger partial charge < -0.3 is 15.7 Å². The quantitative estimate of drug-likeness (QED) is 0.759. The molecule has 6 heteroatoms. The monoisotopic (exact) mass is 334 g/mol. The van der Waals surface area contributed by atoms with Crippen LogP contribution in [0.3, 0.4) is 0 Å². The van der Waals surface area contributed by atoms with E-state index in [1.807, 2.05) is 13.0 Å². The minimum Gasteiger partial charge on any atom is -0.387 e. The number of hydrogen-bond acceptors (Lipinski definition) is 3. The Hall–Kier alpha value is -2.31. The van der Waals surface area contributed by atoms with Gasteiger partial charge in [0.15, 0.2) is 0 Å². The number of carbonyl (C=O) groups is 1. The maximum Gasteiger partial charge on any atom is 0.221 e. The lowest BCUT2D eigenvalue weighted by atomic mass is 10.1. The second-order valence-electron chi connectivity index (χ2n) is 5.59. The highest BCUT2D eigenvalue weighted by atomic mass is 19.1. The maximum atomic E-state index is 13.7. The van der Waals surface area contributed by atoms with E-state index >= 15 is 0 Å². The first-order valence-corrected chi connectivity index (χ1v) is 7.61. The van der Waals surface area contributed by atoms with Crippen LogP contribution in [0.2, 0.25) is 0 Å². The first-order valence-electron chi connectivity index (χ1n) is 7.61. The van der Waals surface area contributed by atoms with Gasteiger partial charge in [-0.1, -0.05) is 18.2 Å². The van der Waals surface area contributed by atoms with Crippen molar-refractivity contribution >= 4 is 11.6 Å². The maximum absolute atomic E-state index is 13.7. The van der Waals surface area contributed by atoms with Gasteiger partial charge in [-0.15, -0.1) is 0 Å². The molecule has 24 heavy (non-hydrogen) atoms. The van der Waals surface area contributed by atoms with E-state index in [-0.39, 0.29) is 24.1 Å². The van der Waals surface area contributed by atoms with E-state index in [4.69, 9.17) is 0 Å². The number of rotatable bonds is 6. The van der Waals surface area contributed by atoms with Crippen LogP contribution in [0.5, 0.6) is 0 Å². The van der Waals surface area contributed by atoms with Gasteiger partial charge in [-0.2, -0.15) is 0 Å². The van der Waals surface area contributed by atoms with Crippen molar-refractivity contribution in [3.8, 4) is 0 Å². The summed E-state index contributed by atoms with van der Waals surface area (Å²) in [4.78, 5) is 11.1. The third-order valence-corrected chi connectivity index (χ3v) is 3.66. The van der Waals surface area contributed by atoms with Gasteiger partial charge >= 0.3 is 0 Å². The SMILES string of the molecule is CC(=O)Nc1cccc(C(C)NCC(O)c2c(F)cccc2F)c1. The van der Waals surface area contributed by atoms with Gasteiger partial charge in [-0.25, -0.2) is 8.78 Å². The summed E-state index contributed by atoms with van der Waals surface area (Å²) in [5.74, 6) is -1.72. The largest absolute Gasteiger partial charge is 0.387 e. The molecule has 4 nitrogen and oxygen atoms in total. The Morgan fingerprint density at radius 3 is 2.42 bits per heavy atom. The Bertz CT molecular complexity index is 702. The molecule has 0 aliphatic carbocycles. The Kier molecular flexibility index (Phi) is 6.00. The summed E-state index contributed by atoms with van der Waals surface area (Å²) in [7, 11) is 0. The number of amides is 1. The van der Waals surface area contributed by atoms with E-state index in [1.54, 1.807) is 18.2 Å². The molecule has 0 aliphatic rings.